The van der Waals surface area contributed by atoms with Crippen molar-refractivity contribution in [2.24, 2.45) is 0 Å². The largest absolute Gasteiger partial charge is 0.478 e. The average molecular weight is 517 g/mol. The second-order valence-electron chi connectivity index (χ2n) is 10.3. The molecule has 5 rings (SSSR count). The number of benzene rings is 4. The summed E-state index contributed by atoms with van der Waals surface area (Å²) in [6.07, 6.45) is 2.39. The summed E-state index contributed by atoms with van der Waals surface area (Å²) in [6, 6.07) is 37.2. The Morgan fingerprint density at radius 3 is 2.21 bits per heavy atom. The molecular formula is C35H36N2O2. The number of nitrogens with zero attached hydrogens (tertiary/aromatic N) is 2. The average Bonchev–Trinajstić information content (AvgIpc) is 2.98. The highest BCUT2D eigenvalue weighted by Crippen LogP contribution is 2.49. The van der Waals surface area contributed by atoms with Crippen LogP contribution in [0.1, 0.15) is 36.0 Å². The Labute approximate surface area is 231 Å². The number of rotatable bonds is 10. The summed E-state index contributed by atoms with van der Waals surface area (Å²) >= 11 is 0. The molecule has 4 nitrogen and oxygen atoms in total. The van der Waals surface area contributed by atoms with E-state index in [1.807, 2.05) is 81.8 Å². The lowest BCUT2D eigenvalue weighted by molar-refractivity contribution is 0.00503. The number of pyridine rings is 1. The summed E-state index contributed by atoms with van der Waals surface area (Å²) in [5.74, 6) is 0.122. The topological polar surface area (TPSA) is 45.6 Å². The van der Waals surface area contributed by atoms with Crippen molar-refractivity contribution in [2.75, 3.05) is 27.2 Å². The van der Waals surface area contributed by atoms with Crippen LogP contribution in [0.2, 0.25) is 0 Å². The summed E-state index contributed by atoms with van der Waals surface area (Å²) in [7, 11) is 4.09. The van der Waals surface area contributed by atoms with Gasteiger partial charge >= 0.3 is 0 Å². The van der Waals surface area contributed by atoms with Crippen molar-refractivity contribution in [1.82, 2.24) is 9.88 Å². The minimum Gasteiger partial charge on any atom is -0.478 e. The van der Waals surface area contributed by atoms with Crippen LogP contribution in [0.4, 0.5) is 0 Å². The van der Waals surface area contributed by atoms with Crippen molar-refractivity contribution in [3.05, 3.63) is 132 Å². The highest BCUT2D eigenvalue weighted by atomic mass is 16.5. The van der Waals surface area contributed by atoms with Crippen LogP contribution in [0.5, 0.6) is 5.88 Å². The van der Waals surface area contributed by atoms with Gasteiger partial charge in [0.25, 0.3) is 0 Å². The molecule has 0 saturated carbocycles. The highest BCUT2D eigenvalue weighted by Gasteiger charge is 2.43. The van der Waals surface area contributed by atoms with E-state index in [4.69, 9.17) is 9.72 Å². The molecule has 39 heavy (non-hydrogen) atoms. The first-order chi connectivity index (χ1) is 19.0. The molecule has 1 heterocycles. The first kappa shape index (κ1) is 26.6. The van der Waals surface area contributed by atoms with Gasteiger partial charge in [0.2, 0.25) is 5.88 Å². The van der Waals surface area contributed by atoms with E-state index in [2.05, 4.69) is 59.5 Å². The van der Waals surface area contributed by atoms with Crippen molar-refractivity contribution in [3.8, 4) is 17.0 Å². The Morgan fingerprint density at radius 1 is 0.821 bits per heavy atom. The van der Waals surface area contributed by atoms with E-state index in [-0.39, 0.29) is 0 Å². The molecule has 4 heteroatoms. The van der Waals surface area contributed by atoms with Crippen LogP contribution in [0.3, 0.4) is 0 Å². The van der Waals surface area contributed by atoms with E-state index < -0.39 is 11.5 Å². The molecule has 2 unspecified atom stereocenters. The maximum absolute atomic E-state index is 13.1. The third-order valence-corrected chi connectivity index (χ3v) is 7.38. The molecular weight excluding hydrogens is 480 g/mol. The van der Waals surface area contributed by atoms with Gasteiger partial charge in [-0.3, -0.25) is 0 Å². The maximum atomic E-state index is 13.1. The van der Waals surface area contributed by atoms with Gasteiger partial charge in [0.15, 0.2) is 0 Å². The SMILES string of the molecule is CCOc1ncc(-c2ccccc2)cc1C(c1ccccc1)C(O)(CCN(C)C)c1cccc2ccccc12. The first-order valence-electron chi connectivity index (χ1n) is 13.6. The van der Waals surface area contributed by atoms with Gasteiger partial charge in [0, 0.05) is 29.8 Å². The van der Waals surface area contributed by atoms with Crippen LogP contribution >= 0.6 is 0 Å². The predicted octanol–water partition coefficient (Wildman–Crippen LogP) is 7.27. The molecule has 0 saturated heterocycles. The second-order valence-corrected chi connectivity index (χ2v) is 10.3. The monoisotopic (exact) mass is 516 g/mol. The summed E-state index contributed by atoms with van der Waals surface area (Å²) in [6.45, 7) is 3.16. The Kier molecular flexibility index (Phi) is 8.06. The van der Waals surface area contributed by atoms with Crippen molar-refractivity contribution in [2.45, 2.75) is 24.9 Å². The molecule has 0 amide bonds. The predicted molar refractivity (Wildman–Crippen MR) is 160 cm³/mol. The fourth-order valence-electron chi connectivity index (χ4n) is 5.51. The summed E-state index contributed by atoms with van der Waals surface area (Å²) < 4.78 is 6.14. The van der Waals surface area contributed by atoms with Crippen LogP contribution in [0, 0.1) is 0 Å². The summed E-state index contributed by atoms with van der Waals surface area (Å²) in [5, 5.41) is 15.3. The lowest BCUT2D eigenvalue weighted by atomic mass is 9.70. The molecule has 0 spiro atoms. The van der Waals surface area contributed by atoms with Crippen molar-refractivity contribution < 1.29 is 9.84 Å². The summed E-state index contributed by atoms with van der Waals surface area (Å²) in [4.78, 5) is 6.94. The van der Waals surface area contributed by atoms with Gasteiger partial charge in [0.1, 0.15) is 5.60 Å². The minimum absolute atomic E-state index is 0.429. The third-order valence-electron chi connectivity index (χ3n) is 7.38. The van der Waals surface area contributed by atoms with Crippen LogP contribution in [-0.2, 0) is 5.60 Å². The molecule has 0 aliphatic rings. The molecule has 0 aliphatic heterocycles. The number of hydrogen-bond donors (Lipinski definition) is 1. The minimum atomic E-state index is -1.25. The Morgan fingerprint density at radius 2 is 1.49 bits per heavy atom. The molecule has 0 aliphatic carbocycles. The molecule has 1 N–H and O–H groups in total. The Bertz CT molecular complexity index is 1510. The number of fused-ring (bicyclic) bond motifs is 1. The van der Waals surface area contributed by atoms with E-state index in [1.54, 1.807) is 0 Å². The molecule has 198 valence electrons. The van der Waals surface area contributed by atoms with E-state index >= 15 is 0 Å². The Balaban J connectivity index is 1.81. The molecule has 2 atom stereocenters. The molecule has 0 bridgehead atoms. The second kappa shape index (κ2) is 11.8. The third kappa shape index (κ3) is 5.58. The molecule has 1 aromatic heterocycles. The lowest BCUT2D eigenvalue weighted by Gasteiger charge is -2.39. The van der Waals surface area contributed by atoms with Crippen LogP contribution < -0.4 is 4.74 Å². The standard InChI is InChI=1S/C35H36N2O2/c1-4-39-34-31(24-29(25-36-34)26-14-7-5-8-15-26)33(28-17-9-6-10-18-28)35(38,22-23-37(2)3)32-21-13-19-27-16-11-12-20-30(27)32/h5-21,24-25,33,38H,4,22-23H2,1-3H3. The smallest absolute Gasteiger partial charge is 0.217 e. The summed E-state index contributed by atoms with van der Waals surface area (Å²) in [5.41, 5.74) is 3.60. The number of aliphatic hydroxyl groups is 1. The lowest BCUT2D eigenvalue weighted by Crippen LogP contribution is -2.38. The van der Waals surface area contributed by atoms with Gasteiger partial charge < -0.3 is 14.7 Å². The van der Waals surface area contributed by atoms with Gasteiger partial charge in [-0.1, -0.05) is 103 Å². The van der Waals surface area contributed by atoms with Crippen LogP contribution in [0.25, 0.3) is 21.9 Å². The quantitative estimate of drug-likeness (QED) is 0.212. The van der Waals surface area contributed by atoms with Gasteiger partial charge in [-0.05, 0) is 61.0 Å². The van der Waals surface area contributed by atoms with Gasteiger partial charge in [0.05, 0.1) is 6.61 Å². The van der Waals surface area contributed by atoms with E-state index in [9.17, 15) is 5.11 Å². The Hall–Kier alpha value is -3.99. The van der Waals surface area contributed by atoms with Crippen molar-refractivity contribution >= 4 is 10.8 Å². The molecule has 4 aromatic carbocycles. The number of ether oxygens (including phenoxy) is 1. The fraction of sp³-hybridized carbons (Fsp3) is 0.229. The molecule has 0 fully saturated rings. The zero-order valence-corrected chi connectivity index (χ0v) is 22.9. The maximum Gasteiger partial charge on any atom is 0.217 e. The van der Waals surface area contributed by atoms with Crippen LogP contribution in [0.15, 0.2) is 115 Å². The molecule has 0 radical (unpaired) electrons. The van der Waals surface area contributed by atoms with E-state index in [0.29, 0.717) is 25.5 Å². The number of aromatic nitrogens is 1. The first-order valence-corrected chi connectivity index (χ1v) is 13.6. The zero-order chi connectivity index (χ0) is 27.2. The van der Waals surface area contributed by atoms with Gasteiger partial charge in [-0.25, -0.2) is 4.98 Å². The normalized spacial score (nSPS) is 13.8. The van der Waals surface area contributed by atoms with Gasteiger partial charge in [-0.15, -0.1) is 0 Å². The van der Waals surface area contributed by atoms with E-state index in [1.165, 1.54) is 0 Å². The highest BCUT2D eigenvalue weighted by molar-refractivity contribution is 5.86. The zero-order valence-electron chi connectivity index (χ0n) is 22.9. The fourth-order valence-corrected chi connectivity index (χ4v) is 5.51. The number of hydrogen-bond acceptors (Lipinski definition) is 4. The van der Waals surface area contributed by atoms with Crippen LogP contribution in [-0.4, -0.2) is 42.2 Å². The van der Waals surface area contributed by atoms with Gasteiger partial charge in [-0.2, -0.15) is 0 Å². The van der Waals surface area contributed by atoms with Crippen molar-refractivity contribution in [1.29, 1.82) is 0 Å². The molecule has 5 aromatic rings. The van der Waals surface area contributed by atoms with E-state index in [0.717, 1.165) is 38.6 Å². The van der Waals surface area contributed by atoms with Crippen molar-refractivity contribution in [3.63, 3.8) is 0 Å².